The van der Waals surface area contributed by atoms with Crippen molar-refractivity contribution in [2.75, 3.05) is 18.8 Å². The van der Waals surface area contributed by atoms with Crippen molar-refractivity contribution in [2.24, 2.45) is 5.41 Å². The van der Waals surface area contributed by atoms with Gasteiger partial charge in [-0.25, -0.2) is 8.42 Å². The molecule has 2 aliphatic rings. The summed E-state index contributed by atoms with van der Waals surface area (Å²) in [5.74, 6) is 0.141. The van der Waals surface area contributed by atoms with E-state index in [9.17, 15) is 13.2 Å². The van der Waals surface area contributed by atoms with E-state index in [4.69, 9.17) is 5.73 Å². The topological polar surface area (TPSA) is 80.5 Å². The molecule has 0 radical (unpaired) electrons. The van der Waals surface area contributed by atoms with E-state index in [1.54, 1.807) is 34.6 Å². The Hall–Kier alpha value is -2.44. The highest BCUT2D eigenvalue weighted by Crippen LogP contribution is 2.46. The Bertz CT molecular complexity index is 1030. The summed E-state index contributed by atoms with van der Waals surface area (Å²) in [5.41, 5.74) is 8.12. The maximum absolute atomic E-state index is 13.3. The number of nitrogens with zero attached hydrogens (tertiary/aromatic N) is 1. The molecular weight excluding hydrogens is 372 g/mol. The first-order chi connectivity index (χ1) is 13.4. The summed E-state index contributed by atoms with van der Waals surface area (Å²) in [4.78, 5) is 12.2. The number of piperidine rings is 1. The highest BCUT2D eigenvalue weighted by Gasteiger charge is 2.45. The average Bonchev–Trinajstić information content (AvgIpc) is 2.69. The zero-order valence-corrected chi connectivity index (χ0v) is 16.5. The molecule has 1 unspecified atom stereocenters. The third-order valence-electron chi connectivity index (χ3n) is 5.90. The van der Waals surface area contributed by atoms with Gasteiger partial charge in [-0.15, -0.1) is 0 Å². The third kappa shape index (κ3) is 3.38. The van der Waals surface area contributed by atoms with Crippen molar-refractivity contribution in [1.29, 1.82) is 0 Å². The van der Waals surface area contributed by atoms with Crippen LogP contribution in [0.25, 0.3) is 0 Å². The Labute approximate surface area is 165 Å². The lowest BCUT2D eigenvalue weighted by molar-refractivity contribution is -0.116. The lowest BCUT2D eigenvalue weighted by atomic mass is 9.66. The number of benzene rings is 2. The van der Waals surface area contributed by atoms with Gasteiger partial charge in [-0.1, -0.05) is 48.0 Å². The van der Waals surface area contributed by atoms with Crippen molar-refractivity contribution in [3.05, 3.63) is 71.8 Å². The smallest absolute Gasteiger partial charge is 0.245 e. The molecule has 146 valence electrons. The number of nitrogens with two attached hydrogens (primary N) is 1. The van der Waals surface area contributed by atoms with E-state index in [2.05, 4.69) is 12.1 Å². The van der Waals surface area contributed by atoms with Gasteiger partial charge in [-0.2, -0.15) is 4.31 Å². The Kier molecular flexibility index (Phi) is 4.85. The maximum Gasteiger partial charge on any atom is 0.245 e. The van der Waals surface area contributed by atoms with E-state index in [0.717, 1.165) is 17.6 Å². The molecule has 1 atom stereocenters. The largest absolute Gasteiger partial charge is 0.398 e. The highest BCUT2D eigenvalue weighted by atomic mass is 32.2. The number of allylic oxidation sites excluding steroid dienone is 1. The second-order valence-corrected chi connectivity index (χ2v) is 9.61. The van der Waals surface area contributed by atoms with Gasteiger partial charge in [0.15, 0.2) is 5.78 Å². The first-order valence-corrected chi connectivity index (χ1v) is 11.0. The van der Waals surface area contributed by atoms with Gasteiger partial charge < -0.3 is 5.73 Å². The van der Waals surface area contributed by atoms with Gasteiger partial charge >= 0.3 is 0 Å². The van der Waals surface area contributed by atoms with E-state index in [-0.39, 0.29) is 21.8 Å². The number of ketones is 1. The van der Waals surface area contributed by atoms with Crippen molar-refractivity contribution in [1.82, 2.24) is 4.31 Å². The molecule has 1 saturated heterocycles. The third-order valence-corrected chi connectivity index (χ3v) is 7.82. The van der Waals surface area contributed by atoms with Gasteiger partial charge in [0, 0.05) is 24.9 Å². The lowest BCUT2D eigenvalue weighted by Crippen LogP contribution is -2.49. The number of nitrogen functional groups attached to an aromatic ring is 1. The number of carbonyl (C=O) groups excluding carboxylic acids is 1. The van der Waals surface area contributed by atoms with Crippen LogP contribution in [-0.4, -0.2) is 31.6 Å². The maximum atomic E-state index is 13.3. The summed E-state index contributed by atoms with van der Waals surface area (Å²) in [7, 11) is -3.69. The zero-order chi connectivity index (χ0) is 19.8. The Morgan fingerprint density at radius 1 is 1.00 bits per heavy atom. The standard InChI is InChI=1S/C22H24N2O3S/c23-20-8-4-5-9-21(20)28(26,27)24-13-11-18-14-19(25)10-12-22(18,16-24)15-17-6-2-1-3-7-17/h1-9,14H,10-13,15-16,23H2. The molecule has 0 saturated carbocycles. The fraction of sp³-hybridized carbons (Fsp3) is 0.318. The van der Waals surface area contributed by atoms with Crippen molar-refractivity contribution < 1.29 is 13.2 Å². The van der Waals surface area contributed by atoms with Crippen LogP contribution in [0.3, 0.4) is 0 Å². The molecule has 1 heterocycles. The van der Waals surface area contributed by atoms with Crippen LogP contribution in [-0.2, 0) is 21.2 Å². The second-order valence-electron chi connectivity index (χ2n) is 7.71. The molecule has 0 amide bonds. The van der Waals surface area contributed by atoms with E-state index in [1.165, 1.54) is 0 Å². The summed E-state index contributed by atoms with van der Waals surface area (Å²) in [6.45, 7) is 0.740. The molecule has 4 rings (SSSR count). The molecule has 0 aromatic heterocycles. The fourth-order valence-corrected chi connectivity index (χ4v) is 6.07. The first kappa shape index (κ1) is 18.9. The number of fused-ring (bicyclic) bond motifs is 1. The summed E-state index contributed by atoms with van der Waals surface area (Å²) in [5, 5.41) is 0. The lowest BCUT2D eigenvalue weighted by Gasteiger charge is -2.46. The number of anilines is 1. The monoisotopic (exact) mass is 396 g/mol. The Morgan fingerprint density at radius 2 is 1.71 bits per heavy atom. The number of sulfonamides is 1. The molecule has 6 heteroatoms. The number of hydrogen-bond acceptors (Lipinski definition) is 4. The van der Waals surface area contributed by atoms with Crippen molar-refractivity contribution in [2.45, 2.75) is 30.6 Å². The van der Waals surface area contributed by atoms with E-state index in [1.807, 2.05) is 18.2 Å². The second kappa shape index (κ2) is 7.18. The molecule has 1 aliphatic carbocycles. The molecule has 0 spiro atoms. The van der Waals surface area contributed by atoms with Gasteiger partial charge in [0.1, 0.15) is 4.90 Å². The van der Waals surface area contributed by atoms with Crippen molar-refractivity contribution in [3.8, 4) is 0 Å². The van der Waals surface area contributed by atoms with Gasteiger partial charge in [-0.05, 0) is 43.0 Å². The van der Waals surface area contributed by atoms with Gasteiger partial charge in [0.2, 0.25) is 10.0 Å². The summed E-state index contributed by atoms with van der Waals surface area (Å²) in [6, 6.07) is 16.7. The number of para-hydroxylation sites is 1. The Morgan fingerprint density at radius 3 is 2.46 bits per heavy atom. The van der Waals surface area contributed by atoms with Crippen molar-refractivity contribution in [3.63, 3.8) is 0 Å². The minimum Gasteiger partial charge on any atom is -0.398 e. The molecule has 1 fully saturated rings. The van der Waals surface area contributed by atoms with Crippen LogP contribution in [0, 0.1) is 5.41 Å². The van der Waals surface area contributed by atoms with Gasteiger partial charge in [0.05, 0.1) is 5.69 Å². The van der Waals surface area contributed by atoms with E-state index >= 15 is 0 Å². The molecular formula is C22H24N2O3S. The summed E-state index contributed by atoms with van der Waals surface area (Å²) in [6.07, 6.45) is 4.18. The van der Waals surface area contributed by atoms with Crippen LogP contribution in [0.1, 0.15) is 24.8 Å². The first-order valence-electron chi connectivity index (χ1n) is 9.53. The highest BCUT2D eigenvalue weighted by molar-refractivity contribution is 7.89. The molecule has 2 aromatic carbocycles. The van der Waals surface area contributed by atoms with E-state index in [0.29, 0.717) is 32.4 Å². The van der Waals surface area contributed by atoms with Crippen LogP contribution in [0.5, 0.6) is 0 Å². The van der Waals surface area contributed by atoms with Crippen LogP contribution < -0.4 is 5.73 Å². The minimum atomic E-state index is -3.69. The zero-order valence-electron chi connectivity index (χ0n) is 15.7. The molecule has 2 aromatic rings. The van der Waals surface area contributed by atoms with Crippen LogP contribution in [0.15, 0.2) is 71.1 Å². The number of carbonyl (C=O) groups is 1. The van der Waals surface area contributed by atoms with Crippen LogP contribution in [0.2, 0.25) is 0 Å². The van der Waals surface area contributed by atoms with Gasteiger partial charge in [-0.3, -0.25) is 4.79 Å². The normalized spacial score (nSPS) is 23.1. The quantitative estimate of drug-likeness (QED) is 0.805. The predicted octanol–water partition coefficient (Wildman–Crippen LogP) is 3.18. The number of rotatable bonds is 4. The summed E-state index contributed by atoms with van der Waals surface area (Å²) >= 11 is 0. The summed E-state index contributed by atoms with van der Waals surface area (Å²) < 4.78 is 28.2. The van der Waals surface area contributed by atoms with Crippen molar-refractivity contribution >= 4 is 21.5 Å². The molecule has 0 bridgehead atoms. The molecule has 28 heavy (non-hydrogen) atoms. The van der Waals surface area contributed by atoms with Crippen LogP contribution in [0.4, 0.5) is 5.69 Å². The Balaban J connectivity index is 1.71. The number of hydrogen-bond donors (Lipinski definition) is 1. The van der Waals surface area contributed by atoms with Crippen LogP contribution >= 0.6 is 0 Å². The molecule has 2 N–H and O–H groups in total. The fourth-order valence-electron chi connectivity index (χ4n) is 4.43. The van der Waals surface area contributed by atoms with E-state index < -0.39 is 10.0 Å². The van der Waals surface area contributed by atoms with Gasteiger partial charge in [0.25, 0.3) is 0 Å². The molecule has 5 nitrogen and oxygen atoms in total. The molecule has 1 aliphatic heterocycles. The average molecular weight is 397 g/mol. The SMILES string of the molecule is Nc1ccccc1S(=O)(=O)N1CCC2=CC(=O)CCC2(Cc2ccccc2)C1. The minimum absolute atomic E-state index is 0.141. The predicted molar refractivity (Wildman–Crippen MR) is 109 cm³/mol.